The molecular formula is C18H17N3O4S. The highest BCUT2D eigenvalue weighted by atomic mass is 32.1. The van der Waals surface area contributed by atoms with E-state index in [2.05, 4.69) is 10.5 Å². The summed E-state index contributed by atoms with van der Waals surface area (Å²) in [5.41, 5.74) is 6.53. The van der Waals surface area contributed by atoms with Crippen molar-refractivity contribution in [1.82, 2.24) is 10.5 Å². The van der Waals surface area contributed by atoms with Crippen LogP contribution in [0.4, 0.5) is 4.79 Å². The molecule has 2 amide bonds. The molecule has 1 atom stereocenters. The summed E-state index contributed by atoms with van der Waals surface area (Å²) in [7, 11) is 0. The third-order valence-corrected chi connectivity index (χ3v) is 4.45. The molecule has 0 aliphatic heterocycles. The van der Waals surface area contributed by atoms with Gasteiger partial charge in [-0.1, -0.05) is 41.6 Å². The summed E-state index contributed by atoms with van der Waals surface area (Å²) in [5, 5.41) is 8.24. The van der Waals surface area contributed by atoms with E-state index in [0.717, 1.165) is 10.4 Å². The number of ether oxygens (including phenoxy) is 1. The van der Waals surface area contributed by atoms with E-state index in [1.807, 2.05) is 47.8 Å². The van der Waals surface area contributed by atoms with E-state index < -0.39 is 18.0 Å². The van der Waals surface area contributed by atoms with Crippen molar-refractivity contribution >= 4 is 23.3 Å². The SMILES string of the molecule is NC(=O)NC(Cc1ccccc1)C(=O)OCc1cc(-c2cccs2)on1. The van der Waals surface area contributed by atoms with Gasteiger partial charge in [0.2, 0.25) is 0 Å². The number of carbonyl (C=O) groups is 2. The van der Waals surface area contributed by atoms with Gasteiger partial charge in [-0.15, -0.1) is 11.3 Å². The predicted octanol–water partition coefficient (Wildman–Crippen LogP) is 2.73. The van der Waals surface area contributed by atoms with E-state index in [9.17, 15) is 9.59 Å². The first kappa shape index (κ1) is 17.7. The monoisotopic (exact) mass is 371 g/mol. The summed E-state index contributed by atoms with van der Waals surface area (Å²) >= 11 is 1.52. The van der Waals surface area contributed by atoms with Crippen LogP contribution in [0.15, 0.2) is 58.4 Å². The Bertz CT molecular complexity index is 862. The fraction of sp³-hybridized carbons (Fsp3) is 0.167. The van der Waals surface area contributed by atoms with Crippen molar-refractivity contribution in [2.24, 2.45) is 5.73 Å². The molecule has 3 aromatic rings. The highest BCUT2D eigenvalue weighted by Gasteiger charge is 2.22. The number of aromatic nitrogens is 1. The normalized spacial score (nSPS) is 11.7. The van der Waals surface area contributed by atoms with Crippen molar-refractivity contribution < 1.29 is 18.8 Å². The second-order valence-electron chi connectivity index (χ2n) is 5.52. The Kier molecular flexibility index (Phi) is 5.65. The van der Waals surface area contributed by atoms with Gasteiger partial charge in [0, 0.05) is 12.5 Å². The first-order valence-electron chi connectivity index (χ1n) is 7.88. The van der Waals surface area contributed by atoms with E-state index in [4.69, 9.17) is 15.0 Å². The van der Waals surface area contributed by atoms with Gasteiger partial charge in [-0.25, -0.2) is 9.59 Å². The molecule has 26 heavy (non-hydrogen) atoms. The van der Waals surface area contributed by atoms with Gasteiger partial charge in [-0.2, -0.15) is 0 Å². The first-order chi connectivity index (χ1) is 12.6. The van der Waals surface area contributed by atoms with Gasteiger partial charge in [0.1, 0.15) is 18.3 Å². The number of amides is 2. The largest absolute Gasteiger partial charge is 0.458 e. The standard InChI is InChI=1S/C18H17N3O4S/c19-18(23)20-14(9-12-5-2-1-3-6-12)17(22)24-11-13-10-15(25-21-13)16-7-4-8-26-16/h1-8,10,14H,9,11H2,(H3,19,20,23). The summed E-state index contributed by atoms with van der Waals surface area (Å²) in [4.78, 5) is 24.5. The maximum atomic E-state index is 12.3. The van der Waals surface area contributed by atoms with Crippen LogP contribution in [0.2, 0.25) is 0 Å². The first-order valence-corrected chi connectivity index (χ1v) is 8.76. The lowest BCUT2D eigenvalue weighted by atomic mass is 10.1. The molecule has 2 heterocycles. The number of rotatable bonds is 7. The number of nitrogens with two attached hydrogens (primary N) is 1. The van der Waals surface area contributed by atoms with Crippen LogP contribution in [0.25, 0.3) is 10.6 Å². The number of thiophene rings is 1. The minimum absolute atomic E-state index is 0.0561. The van der Waals surface area contributed by atoms with Crippen molar-refractivity contribution in [3.63, 3.8) is 0 Å². The average Bonchev–Trinajstić information content (AvgIpc) is 3.31. The van der Waals surface area contributed by atoms with Gasteiger partial charge in [0.25, 0.3) is 0 Å². The van der Waals surface area contributed by atoms with Gasteiger partial charge < -0.3 is 20.3 Å². The van der Waals surface area contributed by atoms with Crippen LogP contribution in [-0.2, 0) is 22.6 Å². The maximum absolute atomic E-state index is 12.3. The van der Waals surface area contributed by atoms with Crippen LogP contribution < -0.4 is 11.1 Å². The molecular weight excluding hydrogens is 354 g/mol. The molecule has 2 aromatic heterocycles. The highest BCUT2D eigenvalue weighted by Crippen LogP contribution is 2.25. The van der Waals surface area contributed by atoms with Crippen LogP contribution in [0.3, 0.4) is 0 Å². The molecule has 0 aliphatic rings. The number of urea groups is 1. The van der Waals surface area contributed by atoms with Gasteiger partial charge in [-0.3, -0.25) is 0 Å². The van der Waals surface area contributed by atoms with Crippen LogP contribution in [0, 0.1) is 0 Å². The van der Waals surface area contributed by atoms with E-state index in [1.165, 1.54) is 11.3 Å². The third kappa shape index (κ3) is 4.70. The Morgan fingerprint density at radius 1 is 1.23 bits per heavy atom. The van der Waals surface area contributed by atoms with E-state index in [1.54, 1.807) is 6.07 Å². The minimum Gasteiger partial charge on any atom is -0.458 e. The zero-order valence-electron chi connectivity index (χ0n) is 13.8. The molecule has 3 rings (SSSR count). The molecule has 0 saturated heterocycles. The summed E-state index contributed by atoms with van der Waals surface area (Å²) in [6.45, 7) is -0.0561. The fourth-order valence-corrected chi connectivity index (χ4v) is 3.05. The Labute approximate surface area is 153 Å². The quantitative estimate of drug-likeness (QED) is 0.621. The molecule has 0 aliphatic carbocycles. The highest BCUT2D eigenvalue weighted by molar-refractivity contribution is 7.13. The van der Waals surface area contributed by atoms with Crippen LogP contribution in [0.5, 0.6) is 0 Å². The number of hydrogen-bond donors (Lipinski definition) is 2. The molecule has 0 bridgehead atoms. The molecule has 0 spiro atoms. The van der Waals surface area contributed by atoms with Crippen molar-refractivity contribution in [3.8, 4) is 10.6 Å². The number of nitrogens with one attached hydrogen (secondary N) is 1. The van der Waals surface area contributed by atoms with Gasteiger partial charge in [0.15, 0.2) is 5.76 Å². The summed E-state index contributed by atoms with van der Waals surface area (Å²) in [6, 6.07) is 13.2. The zero-order chi connectivity index (χ0) is 18.4. The number of hydrogen-bond acceptors (Lipinski definition) is 6. The lowest BCUT2D eigenvalue weighted by Gasteiger charge is -2.16. The lowest BCUT2D eigenvalue weighted by molar-refractivity contribution is -0.147. The van der Waals surface area contributed by atoms with Crippen molar-refractivity contribution in [2.45, 2.75) is 19.1 Å². The number of nitrogens with zero attached hydrogens (tertiary/aromatic N) is 1. The van der Waals surface area contributed by atoms with E-state index in [0.29, 0.717) is 11.5 Å². The Hall–Kier alpha value is -3.13. The Morgan fingerprint density at radius 3 is 2.73 bits per heavy atom. The minimum atomic E-state index is -0.876. The second kappa shape index (κ2) is 8.30. The summed E-state index contributed by atoms with van der Waals surface area (Å²) in [6.07, 6.45) is 0.280. The van der Waals surface area contributed by atoms with Crippen molar-refractivity contribution in [1.29, 1.82) is 0 Å². The molecule has 3 N–H and O–H groups in total. The molecule has 8 heteroatoms. The van der Waals surface area contributed by atoms with Crippen molar-refractivity contribution in [3.05, 3.63) is 65.2 Å². The predicted molar refractivity (Wildman–Crippen MR) is 96.3 cm³/mol. The second-order valence-corrected chi connectivity index (χ2v) is 6.47. The molecule has 1 unspecified atom stereocenters. The van der Waals surface area contributed by atoms with Gasteiger partial charge in [0.05, 0.1) is 4.88 Å². The average molecular weight is 371 g/mol. The summed E-state index contributed by atoms with van der Waals surface area (Å²) < 4.78 is 10.5. The molecule has 0 fully saturated rings. The van der Waals surface area contributed by atoms with Gasteiger partial charge in [-0.05, 0) is 17.0 Å². The third-order valence-electron chi connectivity index (χ3n) is 3.57. The maximum Gasteiger partial charge on any atom is 0.329 e. The molecule has 7 nitrogen and oxygen atoms in total. The van der Waals surface area contributed by atoms with Crippen LogP contribution in [0.1, 0.15) is 11.3 Å². The number of benzene rings is 1. The molecule has 134 valence electrons. The van der Waals surface area contributed by atoms with Crippen LogP contribution >= 0.6 is 11.3 Å². The number of primary amides is 1. The number of esters is 1. The van der Waals surface area contributed by atoms with Crippen molar-refractivity contribution in [2.75, 3.05) is 0 Å². The number of carbonyl (C=O) groups excluding carboxylic acids is 2. The smallest absolute Gasteiger partial charge is 0.329 e. The molecule has 0 radical (unpaired) electrons. The fourth-order valence-electron chi connectivity index (χ4n) is 2.38. The van der Waals surface area contributed by atoms with Crippen LogP contribution in [-0.4, -0.2) is 23.2 Å². The van der Waals surface area contributed by atoms with Gasteiger partial charge >= 0.3 is 12.0 Å². The molecule has 1 aromatic carbocycles. The Balaban J connectivity index is 1.61. The zero-order valence-corrected chi connectivity index (χ0v) is 14.6. The summed E-state index contributed by atoms with van der Waals surface area (Å²) in [5.74, 6) is 0.0236. The topological polar surface area (TPSA) is 107 Å². The molecule has 0 saturated carbocycles. The lowest BCUT2D eigenvalue weighted by Crippen LogP contribution is -2.45. The van der Waals surface area contributed by atoms with E-state index >= 15 is 0 Å². The Morgan fingerprint density at radius 2 is 2.04 bits per heavy atom. The van der Waals surface area contributed by atoms with E-state index in [-0.39, 0.29) is 13.0 Å².